The van der Waals surface area contributed by atoms with E-state index >= 15 is 0 Å². The van der Waals surface area contributed by atoms with Crippen molar-refractivity contribution in [1.29, 1.82) is 0 Å². The molecule has 6 nitrogen and oxygen atoms in total. The molecule has 1 aromatic carbocycles. The molecule has 0 atom stereocenters. The molecule has 1 aromatic rings. The maximum Gasteiger partial charge on any atom is 0.407 e. The Kier molecular flexibility index (Phi) is 6.67. The van der Waals surface area contributed by atoms with Crippen LogP contribution in [0.4, 0.5) is 10.5 Å². The summed E-state index contributed by atoms with van der Waals surface area (Å²) in [7, 11) is 0. The van der Waals surface area contributed by atoms with Gasteiger partial charge in [-0.15, -0.1) is 0 Å². The SMILES string of the molecule is CC(C)(C)OC(=O)NCCCNC(=O)c1cc(N)ccc1Br. The molecule has 0 bridgehead atoms. The molecule has 0 saturated carbocycles. The van der Waals surface area contributed by atoms with Crippen LogP contribution in [-0.4, -0.2) is 30.7 Å². The Labute approximate surface area is 138 Å². The molecule has 0 aliphatic rings. The Morgan fingerprint density at radius 1 is 1.23 bits per heavy atom. The molecule has 0 aliphatic carbocycles. The number of ether oxygens (including phenoxy) is 1. The lowest BCUT2D eigenvalue weighted by Crippen LogP contribution is -2.34. The van der Waals surface area contributed by atoms with Crippen LogP contribution in [0.25, 0.3) is 0 Å². The molecule has 2 amide bonds. The van der Waals surface area contributed by atoms with E-state index in [9.17, 15) is 9.59 Å². The van der Waals surface area contributed by atoms with Gasteiger partial charge in [0, 0.05) is 23.2 Å². The van der Waals surface area contributed by atoms with Crippen molar-refractivity contribution in [1.82, 2.24) is 10.6 Å². The summed E-state index contributed by atoms with van der Waals surface area (Å²) in [6.45, 7) is 6.27. The van der Waals surface area contributed by atoms with Gasteiger partial charge < -0.3 is 21.1 Å². The zero-order valence-corrected chi connectivity index (χ0v) is 14.6. The molecular formula is C15H22BrN3O3. The molecule has 1 rings (SSSR count). The molecular weight excluding hydrogens is 350 g/mol. The number of anilines is 1. The summed E-state index contributed by atoms with van der Waals surface area (Å²) in [5.74, 6) is -0.212. The number of rotatable bonds is 5. The van der Waals surface area contributed by atoms with E-state index in [0.717, 1.165) is 0 Å². The minimum Gasteiger partial charge on any atom is -0.444 e. The molecule has 7 heteroatoms. The maximum atomic E-state index is 12.0. The normalized spacial score (nSPS) is 10.9. The van der Waals surface area contributed by atoms with Crippen molar-refractivity contribution in [3.8, 4) is 0 Å². The molecule has 0 fully saturated rings. The monoisotopic (exact) mass is 371 g/mol. The molecule has 22 heavy (non-hydrogen) atoms. The van der Waals surface area contributed by atoms with E-state index in [1.54, 1.807) is 39.0 Å². The van der Waals surface area contributed by atoms with Gasteiger partial charge in [-0.2, -0.15) is 0 Å². The van der Waals surface area contributed by atoms with Gasteiger partial charge in [-0.3, -0.25) is 4.79 Å². The maximum absolute atomic E-state index is 12.0. The molecule has 0 spiro atoms. The fourth-order valence-electron chi connectivity index (χ4n) is 1.61. The minimum atomic E-state index is -0.516. The van der Waals surface area contributed by atoms with Gasteiger partial charge in [0.2, 0.25) is 0 Å². The van der Waals surface area contributed by atoms with Gasteiger partial charge >= 0.3 is 6.09 Å². The zero-order valence-electron chi connectivity index (χ0n) is 13.0. The third-order valence-electron chi connectivity index (χ3n) is 2.54. The highest BCUT2D eigenvalue weighted by molar-refractivity contribution is 9.10. The topological polar surface area (TPSA) is 93.5 Å². The number of carbonyl (C=O) groups is 2. The Bertz CT molecular complexity index is 541. The summed E-state index contributed by atoms with van der Waals surface area (Å²) in [6.07, 6.45) is 0.141. The van der Waals surface area contributed by atoms with Crippen LogP contribution in [0, 0.1) is 0 Å². The molecule has 4 N–H and O–H groups in total. The molecule has 0 heterocycles. The molecule has 122 valence electrons. The van der Waals surface area contributed by atoms with Crippen LogP contribution >= 0.6 is 15.9 Å². The highest BCUT2D eigenvalue weighted by Crippen LogP contribution is 2.19. The van der Waals surface area contributed by atoms with E-state index in [0.29, 0.717) is 35.2 Å². The average Bonchev–Trinajstić information content (AvgIpc) is 2.38. The lowest BCUT2D eigenvalue weighted by atomic mass is 10.2. The zero-order chi connectivity index (χ0) is 16.8. The summed E-state index contributed by atoms with van der Waals surface area (Å²) in [4.78, 5) is 23.4. The Morgan fingerprint density at radius 3 is 2.50 bits per heavy atom. The van der Waals surface area contributed by atoms with Crippen LogP contribution in [-0.2, 0) is 4.74 Å². The summed E-state index contributed by atoms with van der Waals surface area (Å²) in [6, 6.07) is 5.05. The number of benzene rings is 1. The number of hydrogen-bond donors (Lipinski definition) is 3. The first-order chi connectivity index (χ1) is 10.2. The molecule has 0 saturated heterocycles. The summed E-state index contributed by atoms with van der Waals surface area (Å²) in [5, 5.41) is 5.40. The predicted octanol–water partition coefficient (Wildman–Crippen LogP) is 2.68. The number of halogens is 1. The Hall–Kier alpha value is -1.76. The van der Waals surface area contributed by atoms with Gasteiger partial charge in [-0.05, 0) is 61.3 Å². The van der Waals surface area contributed by atoms with Crippen molar-refractivity contribution in [2.75, 3.05) is 18.8 Å². The molecule has 0 radical (unpaired) electrons. The van der Waals surface area contributed by atoms with Gasteiger partial charge in [0.1, 0.15) is 5.60 Å². The largest absolute Gasteiger partial charge is 0.444 e. The number of nitrogens with two attached hydrogens (primary N) is 1. The van der Waals surface area contributed by atoms with E-state index < -0.39 is 11.7 Å². The highest BCUT2D eigenvalue weighted by Gasteiger charge is 2.15. The van der Waals surface area contributed by atoms with Crippen molar-refractivity contribution >= 4 is 33.6 Å². The van der Waals surface area contributed by atoms with Gasteiger partial charge in [0.15, 0.2) is 0 Å². The van der Waals surface area contributed by atoms with E-state index in [1.165, 1.54) is 0 Å². The van der Waals surface area contributed by atoms with Crippen LogP contribution in [0.5, 0.6) is 0 Å². The quantitative estimate of drug-likeness (QED) is 0.547. The van der Waals surface area contributed by atoms with Crippen LogP contribution in [0.2, 0.25) is 0 Å². The second kappa shape index (κ2) is 8.03. The lowest BCUT2D eigenvalue weighted by Gasteiger charge is -2.19. The van der Waals surface area contributed by atoms with Crippen LogP contribution in [0.15, 0.2) is 22.7 Å². The van der Waals surface area contributed by atoms with Crippen LogP contribution in [0.1, 0.15) is 37.6 Å². The smallest absolute Gasteiger partial charge is 0.407 e. The molecule has 0 aromatic heterocycles. The first-order valence-electron chi connectivity index (χ1n) is 6.99. The summed E-state index contributed by atoms with van der Waals surface area (Å²) in [5.41, 5.74) is 6.16. The second-order valence-electron chi connectivity index (χ2n) is 5.78. The van der Waals surface area contributed by atoms with E-state index in [4.69, 9.17) is 10.5 Å². The minimum absolute atomic E-state index is 0.212. The van der Waals surface area contributed by atoms with Crippen molar-refractivity contribution < 1.29 is 14.3 Å². The number of hydrogen-bond acceptors (Lipinski definition) is 4. The predicted molar refractivity (Wildman–Crippen MR) is 89.7 cm³/mol. The standard InChI is InChI=1S/C15H22BrN3O3/c1-15(2,3)22-14(21)19-8-4-7-18-13(20)11-9-10(17)5-6-12(11)16/h5-6,9H,4,7-8,17H2,1-3H3,(H,18,20)(H,19,21). The number of nitrogens with one attached hydrogen (secondary N) is 2. The Morgan fingerprint density at radius 2 is 1.86 bits per heavy atom. The fourth-order valence-corrected chi connectivity index (χ4v) is 2.03. The van der Waals surface area contributed by atoms with Gasteiger partial charge in [0.25, 0.3) is 5.91 Å². The summed E-state index contributed by atoms with van der Waals surface area (Å²) >= 11 is 3.31. The van der Waals surface area contributed by atoms with E-state index in [2.05, 4.69) is 26.6 Å². The number of nitrogen functional groups attached to an aromatic ring is 1. The first-order valence-corrected chi connectivity index (χ1v) is 7.78. The van der Waals surface area contributed by atoms with Crippen LogP contribution in [0.3, 0.4) is 0 Å². The molecule has 0 aliphatic heterocycles. The summed E-state index contributed by atoms with van der Waals surface area (Å²) < 4.78 is 5.79. The third-order valence-corrected chi connectivity index (χ3v) is 3.23. The molecule has 0 unspecified atom stereocenters. The lowest BCUT2D eigenvalue weighted by molar-refractivity contribution is 0.0527. The fraction of sp³-hybridized carbons (Fsp3) is 0.467. The van der Waals surface area contributed by atoms with Gasteiger partial charge in [-0.25, -0.2) is 4.79 Å². The first kappa shape index (κ1) is 18.3. The van der Waals surface area contributed by atoms with Crippen molar-refractivity contribution in [3.63, 3.8) is 0 Å². The van der Waals surface area contributed by atoms with Crippen molar-refractivity contribution in [2.24, 2.45) is 0 Å². The average molecular weight is 372 g/mol. The van der Waals surface area contributed by atoms with Crippen LogP contribution < -0.4 is 16.4 Å². The third kappa shape index (κ3) is 6.80. The van der Waals surface area contributed by atoms with E-state index in [1.807, 2.05) is 0 Å². The van der Waals surface area contributed by atoms with Crippen molar-refractivity contribution in [2.45, 2.75) is 32.8 Å². The van der Waals surface area contributed by atoms with Crippen molar-refractivity contribution in [3.05, 3.63) is 28.2 Å². The highest BCUT2D eigenvalue weighted by atomic mass is 79.9. The van der Waals surface area contributed by atoms with Gasteiger partial charge in [0.05, 0.1) is 5.56 Å². The number of amides is 2. The number of carbonyl (C=O) groups excluding carboxylic acids is 2. The second-order valence-corrected chi connectivity index (χ2v) is 6.63. The van der Waals surface area contributed by atoms with E-state index in [-0.39, 0.29) is 5.91 Å². The van der Waals surface area contributed by atoms with Gasteiger partial charge in [-0.1, -0.05) is 0 Å². The number of alkyl carbamates (subject to hydrolysis) is 1. The Balaban J connectivity index is 2.29.